The molecule has 4 heteroatoms. The summed E-state index contributed by atoms with van der Waals surface area (Å²) in [7, 11) is 0. The molecule has 1 fully saturated rings. The number of rotatable bonds is 5. The Morgan fingerprint density at radius 3 is 3.05 bits per heavy atom. The zero-order valence-electron chi connectivity index (χ0n) is 12.5. The summed E-state index contributed by atoms with van der Waals surface area (Å²) in [6.07, 6.45) is 5.11. The molecule has 1 aromatic rings. The van der Waals surface area contributed by atoms with Crippen LogP contribution in [0.15, 0.2) is 12.1 Å². The Morgan fingerprint density at radius 1 is 1.45 bits per heavy atom. The minimum absolute atomic E-state index is 0.627. The molecule has 0 aromatic carbocycles. The van der Waals surface area contributed by atoms with E-state index in [0.717, 1.165) is 37.1 Å². The summed E-state index contributed by atoms with van der Waals surface area (Å²) in [4.78, 5) is 6.97. The Bertz CT molecular complexity index is 478. The van der Waals surface area contributed by atoms with Crippen LogP contribution < -0.4 is 5.32 Å². The van der Waals surface area contributed by atoms with Gasteiger partial charge < -0.3 is 10.2 Å². The van der Waals surface area contributed by atoms with E-state index in [1.807, 2.05) is 19.1 Å². The summed E-state index contributed by atoms with van der Waals surface area (Å²) in [6.45, 7) is 7.49. The van der Waals surface area contributed by atoms with Gasteiger partial charge in [0.15, 0.2) is 0 Å². The number of nitrogens with one attached hydrogen (secondary N) is 1. The van der Waals surface area contributed by atoms with Crippen molar-refractivity contribution >= 4 is 5.82 Å². The number of hydrogen-bond acceptors (Lipinski definition) is 4. The number of aryl methyl sites for hydroxylation is 1. The molecule has 1 N–H and O–H groups in total. The third kappa shape index (κ3) is 3.94. The lowest BCUT2D eigenvalue weighted by molar-refractivity contribution is 0.160. The van der Waals surface area contributed by atoms with E-state index in [2.05, 4.69) is 28.2 Å². The molecule has 0 aliphatic carbocycles. The lowest BCUT2D eigenvalue weighted by atomic mass is 10.0. The molecule has 4 nitrogen and oxygen atoms in total. The van der Waals surface area contributed by atoms with Crippen molar-refractivity contribution in [1.29, 1.82) is 5.26 Å². The first-order valence-electron chi connectivity index (χ1n) is 7.56. The number of pyridine rings is 1. The predicted octanol–water partition coefficient (Wildman–Crippen LogP) is 2.94. The Labute approximate surface area is 121 Å². The zero-order valence-corrected chi connectivity index (χ0v) is 12.5. The molecule has 2 heterocycles. The van der Waals surface area contributed by atoms with Crippen LogP contribution in [-0.2, 0) is 0 Å². The number of anilines is 1. The van der Waals surface area contributed by atoms with Crippen molar-refractivity contribution in [3.05, 3.63) is 23.4 Å². The summed E-state index contributed by atoms with van der Waals surface area (Å²) >= 11 is 0. The van der Waals surface area contributed by atoms with Crippen molar-refractivity contribution in [2.24, 2.45) is 0 Å². The molecule has 1 atom stereocenters. The fourth-order valence-electron chi connectivity index (χ4n) is 2.76. The van der Waals surface area contributed by atoms with Crippen LogP contribution in [-0.4, -0.2) is 35.6 Å². The number of hydrogen-bond donors (Lipinski definition) is 1. The number of nitriles is 1. The van der Waals surface area contributed by atoms with Gasteiger partial charge in [0.25, 0.3) is 0 Å². The average Bonchev–Trinajstić information content (AvgIpc) is 2.45. The minimum Gasteiger partial charge on any atom is -0.369 e. The second-order valence-electron chi connectivity index (χ2n) is 5.62. The summed E-state index contributed by atoms with van der Waals surface area (Å²) < 4.78 is 0. The fraction of sp³-hybridized carbons (Fsp3) is 0.625. The van der Waals surface area contributed by atoms with Crippen LogP contribution in [0.3, 0.4) is 0 Å². The van der Waals surface area contributed by atoms with Crippen LogP contribution in [0.2, 0.25) is 0 Å². The van der Waals surface area contributed by atoms with Crippen molar-refractivity contribution in [1.82, 2.24) is 9.88 Å². The predicted molar refractivity (Wildman–Crippen MR) is 81.7 cm³/mol. The zero-order chi connectivity index (χ0) is 14.4. The Morgan fingerprint density at radius 2 is 2.30 bits per heavy atom. The monoisotopic (exact) mass is 272 g/mol. The highest BCUT2D eigenvalue weighted by atomic mass is 15.2. The fourth-order valence-corrected chi connectivity index (χ4v) is 2.76. The second-order valence-corrected chi connectivity index (χ2v) is 5.62. The molecule has 108 valence electrons. The summed E-state index contributed by atoms with van der Waals surface area (Å²) in [5.41, 5.74) is 1.57. The first-order valence-corrected chi connectivity index (χ1v) is 7.56. The van der Waals surface area contributed by atoms with E-state index >= 15 is 0 Å². The molecular formula is C16H24N4. The van der Waals surface area contributed by atoms with Crippen molar-refractivity contribution in [2.45, 2.75) is 45.6 Å². The van der Waals surface area contributed by atoms with Gasteiger partial charge in [0.05, 0.1) is 5.56 Å². The van der Waals surface area contributed by atoms with Gasteiger partial charge in [-0.2, -0.15) is 5.26 Å². The third-order valence-electron chi connectivity index (χ3n) is 4.01. The van der Waals surface area contributed by atoms with Crippen molar-refractivity contribution in [3.63, 3.8) is 0 Å². The second kappa shape index (κ2) is 7.25. The highest BCUT2D eigenvalue weighted by molar-refractivity contribution is 5.52. The maximum absolute atomic E-state index is 9.07. The van der Waals surface area contributed by atoms with E-state index < -0.39 is 0 Å². The first kappa shape index (κ1) is 14.8. The molecule has 0 bridgehead atoms. The van der Waals surface area contributed by atoms with Crippen LogP contribution in [0.25, 0.3) is 0 Å². The molecule has 0 radical (unpaired) electrons. The Balaban J connectivity index is 1.78. The Kier molecular flexibility index (Phi) is 5.37. The SMILES string of the molecule is Cc1ccc(C#N)c(NCCCN2CCCCC2C)n1. The third-order valence-corrected chi connectivity index (χ3v) is 4.01. The van der Waals surface area contributed by atoms with Crippen LogP contribution in [0.4, 0.5) is 5.82 Å². The van der Waals surface area contributed by atoms with Gasteiger partial charge in [-0.1, -0.05) is 6.42 Å². The van der Waals surface area contributed by atoms with E-state index in [4.69, 9.17) is 5.26 Å². The van der Waals surface area contributed by atoms with Gasteiger partial charge >= 0.3 is 0 Å². The lowest BCUT2D eigenvalue weighted by Crippen LogP contribution is -2.38. The van der Waals surface area contributed by atoms with Gasteiger partial charge in [-0.3, -0.25) is 0 Å². The maximum Gasteiger partial charge on any atom is 0.144 e. The standard InChI is InChI=1S/C16H24N4/c1-13-7-8-15(12-17)16(19-13)18-9-5-11-20-10-4-3-6-14(20)2/h7-8,14H,3-6,9-11H2,1-2H3,(H,18,19). The smallest absolute Gasteiger partial charge is 0.144 e. The summed E-state index contributed by atoms with van der Waals surface area (Å²) in [6, 6.07) is 6.61. The van der Waals surface area contributed by atoms with Gasteiger partial charge in [0, 0.05) is 24.8 Å². The normalized spacial score (nSPS) is 19.6. The largest absolute Gasteiger partial charge is 0.369 e. The van der Waals surface area contributed by atoms with E-state index in [-0.39, 0.29) is 0 Å². The molecule has 20 heavy (non-hydrogen) atoms. The van der Waals surface area contributed by atoms with Crippen LogP contribution in [0.5, 0.6) is 0 Å². The van der Waals surface area contributed by atoms with Gasteiger partial charge in [-0.25, -0.2) is 4.98 Å². The van der Waals surface area contributed by atoms with Crippen LogP contribution in [0, 0.1) is 18.3 Å². The van der Waals surface area contributed by atoms with Gasteiger partial charge in [0.2, 0.25) is 0 Å². The van der Waals surface area contributed by atoms with Gasteiger partial charge in [0.1, 0.15) is 11.9 Å². The molecule has 2 rings (SSSR count). The van der Waals surface area contributed by atoms with Crippen molar-refractivity contribution in [3.8, 4) is 6.07 Å². The van der Waals surface area contributed by atoms with E-state index in [1.165, 1.54) is 25.8 Å². The van der Waals surface area contributed by atoms with Crippen LogP contribution in [0.1, 0.15) is 43.9 Å². The summed E-state index contributed by atoms with van der Waals surface area (Å²) in [5.74, 6) is 0.721. The van der Waals surface area contributed by atoms with E-state index in [1.54, 1.807) is 0 Å². The molecule has 0 amide bonds. The molecule has 1 aromatic heterocycles. The highest BCUT2D eigenvalue weighted by Gasteiger charge is 2.17. The van der Waals surface area contributed by atoms with Crippen molar-refractivity contribution < 1.29 is 0 Å². The highest BCUT2D eigenvalue weighted by Crippen LogP contribution is 2.16. The van der Waals surface area contributed by atoms with Crippen molar-refractivity contribution in [2.75, 3.05) is 25.0 Å². The van der Waals surface area contributed by atoms with Crippen LogP contribution >= 0.6 is 0 Å². The Hall–Kier alpha value is -1.60. The topological polar surface area (TPSA) is 52.0 Å². The van der Waals surface area contributed by atoms with E-state index in [0.29, 0.717) is 5.56 Å². The number of likely N-dealkylation sites (tertiary alicyclic amines) is 1. The molecular weight excluding hydrogens is 248 g/mol. The molecule has 1 unspecified atom stereocenters. The number of aromatic nitrogens is 1. The average molecular weight is 272 g/mol. The molecule has 0 saturated carbocycles. The van der Waals surface area contributed by atoms with Gasteiger partial charge in [-0.15, -0.1) is 0 Å². The molecule has 1 aliphatic heterocycles. The number of nitrogens with zero attached hydrogens (tertiary/aromatic N) is 3. The van der Waals surface area contributed by atoms with E-state index in [9.17, 15) is 0 Å². The number of piperidine rings is 1. The molecule has 1 saturated heterocycles. The van der Waals surface area contributed by atoms with Gasteiger partial charge in [-0.05, 0) is 51.8 Å². The maximum atomic E-state index is 9.07. The first-order chi connectivity index (χ1) is 9.70. The quantitative estimate of drug-likeness (QED) is 0.837. The molecule has 1 aliphatic rings. The summed E-state index contributed by atoms with van der Waals surface area (Å²) in [5, 5.41) is 12.4. The molecule has 0 spiro atoms. The lowest BCUT2D eigenvalue weighted by Gasteiger charge is -2.33. The minimum atomic E-state index is 0.627.